The van der Waals surface area contributed by atoms with Gasteiger partial charge in [0.2, 0.25) is 0 Å². The normalized spacial score (nSPS) is 21.3. The summed E-state index contributed by atoms with van der Waals surface area (Å²) >= 11 is 3.43. The smallest absolute Gasteiger partial charge is 0.427 e. The summed E-state index contributed by atoms with van der Waals surface area (Å²) in [5.41, 5.74) is 0. The maximum Gasteiger partial charge on any atom is 0.509 e. The number of cyclic esters (lactones) is 2. The van der Waals surface area contributed by atoms with Crippen molar-refractivity contribution >= 4 is 22.1 Å². The molecule has 0 aromatic rings. The van der Waals surface area contributed by atoms with E-state index < -0.39 is 6.16 Å². The lowest BCUT2D eigenvalue weighted by Gasteiger charge is -2.14. The van der Waals surface area contributed by atoms with E-state index >= 15 is 0 Å². The molecule has 0 aliphatic carbocycles. The largest absolute Gasteiger partial charge is 0.509 e. The Morgan fingerprint density at radius 3 is 1.81 bits per heavy atom. The van der Waals surface area contributed by atoms with Gasteiger partial charge in [-0.2, -0.15) is 0 Å². The molecule has 1 heterocycles. The molecule has 0 aromatic carbocycles. The van der Waals surface area contributed by atoms with Crippen molar-refractivity contribution in [3.05, 3.63) is 0 Å². The summed E-state index contributed by atoms with van der Waals surface area (Å²) in [5.74, 6) is 0. The zero-order chi connectivity index (χ0) is 15.3. The van der Waals surface area contributed by atoms with Crippen LogP contribution in [0.25, 0.3) is 0 Å². The quantitative estimate of drug-likeness (QED) is 0.229. The molecule has 1 saturated heterocycles. The Balaban J connectivity index is 2.04. The Kier molecular flexibility index (Phi) is 11.0. The molecule has 3 nitrogen and oxygen atoms in total. The summed E-state index contributed by atoms with van der Waals surface area (Å²) in [7, 11) is 0. The van der Waals surface area contributed by atoms with Crippen LogP contribution < -0.4 is 0 Å². The van der Waals surface area contributed by atoms with Crippen LogP contribution in [0, 0.1) is 0 Å². The molecule has 21 heavy (non-hydrogen) atoms. The van der Waals surface area contributed by atoms with Gasteiger partial charge in [-0.25, -0.2) is 4.79 Å². The molecule has 0 bridgehead atoms. The second-order valence-corrected chi connectivity index (χ2v) is 6.80. The lowest BCUT2D eigenvalue weighted by Crippen LogP contribution is -2.22. The van der Waals surface area contributed by atoms with Crippen LogP contribution in [-0.4, -0.2) is 23.7 Å². The maximum absolute atomic E-state index is 11.3. The summed E-state index contributed by atoms with van der Waals surface area (Å²) in [6.07, 6.45) is 14.1. The number of rotatable bonds is 13. The first-order valence-electron chi connectivity index (χ1n) is 8.71. The van der Waals surface area contributed by atoms with Crippen LogP contribution >= 0.6 is 15.9 Å². The van der Waals surface area contributed by atoms with Crippen molar-refractivity contribution in [1.29, 1.82) is 0 Å². The van der Waals surface area contributed by atoms with Crippen LogP contribution in [0.4, 0.5) is 4.79 Å². The molecular formula is C17H31BrO3. The average Bonchev–Trinajstić information content (AvgIpc) is 2.82. The molecule has 0 amide bonds. The van der Waals surface area contributed by atoms with Gasteiger partial charge in [0, 0.05) is 5.33 Å². The van der Waals surface area contributed by atoms with E-state index in [1.165, 1.54) is 44.9 Å². The molecule has 1 fully saturated rings. The monoisotopic (exact) mass is 362 g/mol. The highest BCUT2D eigenvalue weighted by Gasteiger charge is 2.35. The standard InChI is InChI=1S/C17H31BrO3/c1-2-3-4-5-6-7-8-9-12-15-16(13-10-11-14-18)21-17(19)20-15/h15-16H,2-14H2,1H3. The van der Waals surface area contributed by atoms with E-state index in [0.29, 0.717) is 0 Å². The van der Waals surface area contributed by atoms with Crippen molar-refractivity contribution in [3.8, 4) is 0 Å². The van der Waals surface area contributed by atoms with E-state index in [0.717, 1.165) is 37.4 Å². The predicted octanol–water partition coefficient (Wildman–Crippen LogP) is 5.99. The zero-order valence-electron chi connectivity index (χ0n) is 13.4. The topological polar surface area (TPSA) is 35.5 Å². The Labute approximate surface area is 138 Å². The highest BCUT2D eigenvalue weighted by molar-refractivity contribution is 9.09. The molecule has 0 aromatic heterocycles. The van der Waals surface area contributed by atoms with Crippen LogP contribution in [0.3, 0.4) is 0 Å². The van der Waals surface area contributed by atoms with Gasteiger partial charge < -0.3 is 9.47 Å². The number of halogens is 1. The van der Waals surface area contributed by atoms with Gasteiger partial charge in [-0.3, -0.25) is 0 Å². The van der Waals surface area contributed by atoms with Gasteiger partial charge in [-0.05, 0) is 32.1 Å². The van der Waals surface area contributed by atoms with Gasteiger partial charge in [0.05, 0.1) is 0 Å². The fraction of sp³-hybridized carbons (Fsp3) is 0.941. The molecule has 2 unspecified atom stereocenters. The minimum absolute atomic E-state index is 0.00656. The molecule has 0 saturated carbocycles. The van der Waals surface area contributed by atoms with Crippen molar-refractivity contribution in [2.75, 3.05) is 5.33 Å². The van der Waals surface area contributed by atoms with Gasteiger partial charge in [0.15, 0.2) is 0 Å². The number of hydrogen-bond donors (Lipinski definition) is 0. The highest BCUT2D eigenvalue weighted by atomic mass is 79.9. The van der Waals surface area contributed by atoms with E-state index in [4.69, 9.17) is 9.47 Å². The van der Waals surface area contributed by atoms with E-state index in [1.54, 1.807) is 0 Å². The molecule has 0 radical (unpaired) electrons. The Morgan fingerprint density at radius 2 is 1.29 bits per heavy atom. The summed E-state index contributed by atoms with van der Waals surface area (Å²) in [4.78, 5) is 11.3. The van der Waals surface area contributed by atoms with Gasteiger partial charge in [-0.15, -0.1) is 0 Å². The summed E-state index contributed by atoms with van der Waals surface area (Å²) in [6.45, 7) is 2.25. The maximum atomic E-state index is 11.3. The van der Waals surface area contributed by atoms with E-state index in [-0.39, 0.29) is 12.2 Å². The zero-order valence-corrected chi connectivity index (χ0v) is 15.0. The average molecular weight is 363 g/mol. The molecule has 124 valence electrons. The van der Waals surface area contributed by atoms with Gasteiger partial charge in [0.1, 0.15) is 12.2 Å². The first-order chi connectivity index (χ1) is 10.3. The van der Waals surface area contributed by atoms with Crippen LogP contribution in [0.1, 0.15) is 84.0 Å². The molecule has 1 aliphatic heterocycles. The number of hydrogen-bond acceptors (Lipinski definition) is 3. The predicted molar refractivity (Wildman–Crippen MR) is 90.0 cm³/mol. The molecule has 1 aliphatic rings. The Bertz CT molecular complexity index is 271. The number of carbonyl (C=O) groups excluding carboxylic acids is 1. The van der Waals surface area contributed by atoms with Crippen LogP contribution in [-0.2, 0) is 9.47 Å². The lowest BCUT2D eigenvalue weighted by molar-refractivity contribution is 0.114. The first kappa shape index (κ1) is 18.8. The van der Waals surface area contributed by atoms with Gasteiger partial charge >= 0.3 is 6.16 Å². The van der Waals surface area contributed by atoms with Gasteiger partial charge in [-0.1, -0.05) is 67.8 Å². The van der Waals surface area contributed by atoms with E-state index in [9.17, 15) is 4.79 Å². The number of ether oxygens (including phenoxy) is 2. The third-order valence-electron chi connectivity index (χ3n) is 4.12. The minimum atomic E-state index is -0.469. The van der Waals surface area contributed by atoms with Crippen LogP contribution in [0.5, 0.6) is 0 Å². The first-order valence-corrected chi connectivity index (χ1v) is 9.83. The van der Waals surface area contributed by atoms with Gasteiger partial charge in [0.25, 0.3) is 0 Å². The lowest BCUT2D eigenvalue weighted by atomic mass is 10.0. The number of alkyl halides is 1. The summed E-state index contributed by atoms with van der Waals surface area (Å²) in [5, 5.41) is 1.01. The molecule has 0 spiro atoms. The molecule has 2 atom stereocenters. The molecule has 4 heteroatoms. The SMILES string of the molecule is CCCCCCCCCCC1OC(=O)OC1CCCCBr. The van der Waals surface area contributed by atoms with Crippen molar-refractivity contribution in [2.45, 2.75) is 96.2 Å². The minimum Gasteiger partial charge on any atom is -0.427 e. The van der Waals surface area contributed by atoms with E-state index in [2.05, 4.69) is 22.9 Å². The Morgan fingerprint density at radius 1 is 0.810 bits per heavy atom. The number of carbonyl (C=O) groups is 1. The second-order valence-electron chi connectivity index (χ2n) is 6.01. The summed E-state index contributed by atoms with van der Waals surface area (Å²) < 4.78 is 10.6. The van der Waals surface area contributed by atoms with Crippen molar-refractivity contribution in [1.82, 2.24) is 0 Å². The number of unbranched alkanes of at least 4 members (excludes halogenated alkanes) is 8. The second kappa shape index (κ2) is 12.3. The third-order valence-corrected chi connectivity index (χ3v) is 4.69. The van der Waals surface area contributed by atoms with E-state index in [1.807, 2.05) is 0 Å². The van der Waals surface area contributed by atoms with Crippen molar-refractivity contribution in [3.63, 3.8) is 0 Å². The van der Waals surface area contributed by atoms with Crippen molar-refractivity contribution < 1.29 is 14.3 Å². The fourth-order valence-corrected chi connectivity index (χ4v) is 3.23. The van der Waals surface area contributed by atoms with Crippen LogP contribution in [0.2, 0.25) is 0 Å². The fourth-order valence-electron chi connectivity index (χ4n) is 2.84. The molecule has 0 N–H and O–H groups in total. The molecule has 1 rings (SSSR count). The highest BCUT2D eigenvalue weighted by Crippen LogP contribution is 2.25. The third kappa shape index (κ3) is 8.70. The molecular weight excluding hydrogens is 332 g/mol. The summed E-state index contributed by atoms with van der Waals surface area (Å²) in [6, 6.07) is 0. The van der Waals surface area contributed by atoms with Crippen LogP contribution in [0.15, 0.2) is 0 Å². The Hall–Kier alpha value is -0.250. The van der Waals surface area contributed by atoms with Crippen molar-refractivity contribution in [2.24, 2.45) is 0 Å².